The van der Waals surface area contributed by atoms with Crippen molar-refractivity contribution in [1.82, 2.24) is 5.32 Å². The Balaban J connectivity index is 2.36. The van der Waals surface area contributed by atoms with Gasteiger partial charge in [-0.3, -0.25) is 4.99 Å². The minimum Gasteiger partial charge on any atom is -0.444 e. The van der Waals surface area contributed by atoms with Gasteiger partial charge in [0.05, 0.1) is 5.04 Å². The topological polar surface area (TPSA) is 50.7 Å². The van der Waals surface area contributed by atoms with Crippen LogP contribution in [0.1, 0.15) is 46.5 Å². The van der Waals surface area contributed by atoms with Crippen LogP contribution in [0, 0.1) is 5.92 Å². The van der Waals surface area contributed by atoms with Crippen LogP contribution in [0.5, 0.6) is 0 Å². The van der Waals surface area contributed by atoms with Gasteiger partial charge in [-0.1, -0.05) is 0 Å². The third kappa shape index (κ3) is 5.85. The quantitative estimate of drug-likeness (QED) is 0.625. The number of ether oxygens (including phenoxy) is 1. The molecule has 0 radical (unpaired) electrons. The van der Waals surface area contributed by atoms with Crippen LogP contribution in [0.4, 0.5) is 4.79 Å². The molecule has 0 bridgehead atoms. The number of nitrogens with one attached hydrogen (secondary N) is 1. The SMILES string of the molecule is C/N=C(\SC)[C@H]1CC[C@H](NC(=O)OC(C)(C)C)CC1. The van der Waals surface area contributed by atoms with Gasteiger partial charge in [-0.25, -0.2) is 4.79 Å². The van der Waals surface area contributed by atoms with Gasteiger partial charge >= 0.3 is 6.09 Å². The maximum absolute atomic E-state index is 11.7. The summed E-state index contributed by atoms with van der Waals surface area (Å²) in [6.07, 6.45) is 5.97. The molecule has 110 valence electrons. The first-order valence-corrected chi connectivity index (χ1v) is 8.08. The molecule has 4 nitrogen and oxygen atoms in total. The third-order valence-electron chi connectivity index (χ3n) is 3.23. The number of thioether (sulfide) groups is 1. The number of nitrogens with zero attached hydrogens (tertiary/aromatic N) is 1. The van der Waals surface area contributed by atoms with E-state index < -0.39 is 5.60 Å². The van der Waals surface area contributed by atoms with Crippen LogP contribution in [-0.4, -0.2) is 36.1 Å². The van der Waals surface area contributed by atoms with E-state index >= 15 is 0 Å². The van der Waals surface area contributed by atoms with Crippen molar-refractivity contribution >= 4 is 22.9 Å². The maximum Gasteiger partial charge on any atom is 0.407 e. The molecule has 0 aromatic carbocycles. The highest BCUT2D eigenvalue weighted by Crippen LogP contribution is 2.28. The summed E-state index contributed by atoms with van der Waals surface area (Å²) in [4.78, 5) is 16.0. The average Bonchev–Trinajstić information content (AvgIpc) is 2.30. The highest BCUT2D eigenvalue weighted by atomic mass is 32.2. The molecule has 0 heterocycles. The molecule has 0 aliphatic heterocycles. The molecule has 0 atom stereocenters. The number of hydrogen-bond acceptors (Lipinski definition) is 4. The predicted octanol–water partition coefficient (Wildman–Crippen LogP) is 3.46. The van der Waals surface area contributed by atoms with Crippen molar-refractivity contribution in [3.05, 3.63) is 0 Å². The summed E-state index contributed by atoms with van der Waals surface area (Å²) in [5, 5.41) is 4.20. The second kappa shape index (κ2) is 7.17. The van der Waals surface area contributed by atoms with Crippen molar-refractivity contribution in [2.75, 3.05) is 13.3 Å². The van der Waals surface area contributed by atoms with Gasteiger partial charge in [-0.15, -0.1) is 11.8 Å². The Morgan fingerprint density at radius 1 is 1.26 bits per heavy atom. The van der Waals surface area contributed by atoms with E-state index in [0.29, 0.717) is 5.92 Å². The fourth-order valence-corrected chi connectivity index (χ4v) is 3.15. The number of hydrogen-bond donors (Lipinski definition) is 1. The van der Waals surface area contributed by atoms with Crippen LogP contribution in [0.15, 0.2) is 4.99 Å². The molecule has 1 fully saturated rings. The van der Waals surface area contributed by atoms with Crippen molar-refractivity contribution in [1.29, 1.82) is 0 Å². The Morgan fingerprint density at radius 3 is 2.26 bits per heavy atom. The van der Waals surface area contributed by atoms with Crippen molar-refractivity contribution in [2.45, 2.75) is 58.1 Å². The molecule has 19 heavy (non-hydrogen) atoms. The molecule has 1 aliphatic carbocycles. The molecule has 0 aromatic heterocycles. The van der Waals surface area contributed by atoms with Crippen LogP contribution in [-0.2, 0) is 4.74 Å². The van der Waals surface area contributed by atoms with Gasteiger partial charge in [0.25, 0.3) is 0 Å². The zero-order valence-electron chi connectivity index (χ0n) is 12.7. The van der Waals surface area contributed by atoms with Gasteiger partial charge in [0.1, 0.15) is 5.60 Å². The molecule has 1 amide bonds. The number of alkyl carbamates (subject to hydrolysis) is 1. The number of carbonyl (C=O) groups is 1. The third-order valence-corrected chi connectivity index (χ3v) is 4.16. The summed E-state index contributed by atoms with van der Waals surface area (Å²) in [5.74, 6) is 0.566. The van der Waals surface area contributed by atoms with E-state index in [9.17, 15) is 4.79 Å². The zero-order chi connectivity index (χ0) is 14.5. The lowest BCUT2D eigenvalue weighted by Crippen LogP contribution is -2.41. The fraction of sp³-hybridized carbons (Fsp3) is 0.857. The summed E-state index contributed by atoms with van der Waals surface area (Å²) in [7, 11) is 1.86. The molecule has 1 aliphatic rings. The van der Waals surface area contributed by atoms with Crippen LogP contribution < -0.4 is 5.32 Å². The van der Waals surface area contributed by atoms with Crippen LogP contribution in [0.2, 0.25) is 0 Å². The first-order chi connectivity index (χ1) is 8.85. The number of rotatable bonds is 2. The highest BCUT2D eigenvalue weighted by Gasteiger charge is 2.26. The maximum atomic E-state index is 11.7. The number of amides is 1. The van der Waals surface area contributed by atoms with E-state index in [1.54, 1.807) is 11.8 Å². The standard InChI is InChI=1S/C14H26N2O2S/c1-14(2,3)18-13(17)16-11-8-6-10(7-9-11)12(15-4)19-5/h10-11H,6-9H2,1-5H3,(H,16,17)/b15-12-/t10-,11-. The van der Waals surface area contributed by atoms with E-state index in [2.05, 4.69) is 16.6 Å². The van der Waals surface area contributed by atoms with E-state index in [1.807, 2.05) is 27.8 Å². The van der Waals surface area contributed by atoms with Gasteiger partial charge in [0.15, 0.2) is 0 Å². The van der Waals surface area contributed by atoms with Crippen LogP contribution in [0.3, 0.4) is 0 Å². The molecule has 0 unspecified atom stereocenters. The molecular formula is C14H26N2O2S. The minimum absolute atomic E-state index is 0.242. The van der Waals surface area contributed by atoms with Crippen molar-refractivity contribution in [3.8, 4) is 0 Å². The van der Waals surface area contributed by atoms with E-state index in [-0.39, 0.29) is 12.1 Å². The normalized spacial score (nSPS) is 25.0. The Kier molecular flexibility index (Phi) is 6.17. The number of aliphatic imine (C=N–C) groups is 1. The van der Waals surface area contributed by atoms with E-state index in [0.717, 1.165) is 25.7 Å². The molecular weight excluding hydrogens is 260 g/mol. The Hall–Kier alpha value is -0.710. The second-order valence-electron chi connectivity index (χ2n) is 5.96. The van der Waals surface area contributed by atoms with Crippen molar-refractivity contribution in [3.63, 3.8) is 0 Å². The van der Waals surface area contributed by atoms with Gasteiger partial charge in [0.2, 0.25) is 0 Å². The number of carbonyl (C=O) groups excluding carboxylic acids is 1. The average molecular weight is 286 g/mol. The molecule has 0 aromatic rings. The lowest BCUT2D eigenvalue weighted by Gasteiger charge is -2.30. The Bertz CT molecular complexity index is 329. The summed E-state index contributed by atoms with van der Waals surface area (Å²) in [5.41, 5.74) is -0.428. The fourth-order valence-electron chi connectivity index (χ4n) is 2.40. The molecule has 1 saturated carbocycles. The summed E-state index contributed by atoms with van der Waals surface area (Å²) >= 11 is 1.74. The highest BCUT2D eigenvalue weighted by molar-refractivity contribution is 8.13. The summed E-state index contributed by atoms with van der Waals surface area (Å²) < 4.78 is 5.28. The van der Waals surface area contributed by atoms with Crippen molar-refractivity contribution in [2.24, 2.45) is 10.9 Å². The largest absolute Gasteiger partial charge is 0.444 e. The smallest absolute Gasteiger partial charge is 0.407 e. The first kappa shape index (κ1) is 16.3. The molecule has 1 rings (SSSR count). The minimum atomic E-state index is -0.428. The Labute approximate surface area is 120 Å². The summed E-state index contributed by atoms with van der Waals surface area (Å²) in [6, 6.07) is 0.242. The first-order valence-electron chi connectivity index (χ1n) is 6.86. The second-order valence-corrected chi connectivity index (χ2v) is 6.79. The Morgan fingerprint density at radius 2 is 1.84 bits per heavy atom. The molecule has 1 N–H and O–H groups in total. The van der Waals surface area contributed by atoms with Gasteiger partial charge in [-0.05, 0) is 52.7 Å². The van der Waals surface area contributed by atoms with Gasteiger partial charge in [0, 0.05) is 19.0 Å². The molecule has 0 spiro atoms. The molecule has 5 heteroatoms. The van der Waals surface area contributed by atoms with E-state index in [1.165, 1.54) is 5.04 Å². The van der Waals surface area contributed by atoms with E-state index in [4.69, 9.17) is 4.74 Å². The van der Waals surface area contributed by atoms with Gasteiger partial charge in [-0.2, -0.15) is 0 Å². The summed E-state index contributed by atoms with van der Waals surface area (Å²) in [6.45, 7) is 5.64. The predicted molar refractivity (Wildman–Crippen MR) is 82.0 cm³/mol. The molecule has 0 saturated heterocycles. The monoisotopic (exact) mass is 286 g/mol. The van der Waals surface area contributed by atoms with Crippen molar-refractivity contribution < 1.29 is 9.53 Å². The lowest BCUT2D eigenvalue weighted by atomic mass is 9.86. The van der Waals surface area contributed by atoms with Gasteiger partial charge < -0.3 is 10.1 Å². The lowest BCUT2D eigenvalue weighted by molar-refractivity contribution is 0.0491. The van der Waals surface area contributed by atoms with Crippen LogP contribution >= 0.6 is 11.8 Å². The zero-order valence-corrected chi connectivity index (χ0v) is 13.5. The van der Waals surface area contributed by atoms with Crippen LogP contribution in [0.25, 0.3) is 0 Å².